The molecule has 1 aromatic carbocycles. The van der Waals surface area contributed by atoms with Gasteiger partial charge < -0.3 is 5.73 Å². The van der Waals surface area contributed by atoms with Crippen LogP contribution in [0.5, 0.6) is 0 Å². The molecule has 1 heterocycles. The molecular formula is C12H12F3N3. The summed E-state index contributed by atoms with van der Waals surface area (Å²) in [5.41, 5.74) is 6.82. The van der Waals surface area contributed by atoms with Crippen LogP contribution in [0.4, 0.5) is 18.9 Å². The monoisotopic (exact) mass is 255 g/mol. The highest BCUT2D eigenvalue weighted by Crippen LogP contribution is 2.32. The first-order valence-corrected chi connectivity index (χ1v) is 5.42. The number of halogens is 3. The molecule has 0 aliphatic heterocycles. The number of nitrogens with zero attached hydrogens (tertiary/aromatic N) is 2. The molecule has 18 heavy (non-hydrogen) atoms. The summed E-state index contributed by atoms with van der Waals surface area (Å²) in [6.45, 7) is 2.49. The molecule has 0 spiro atoms. The summed E-state index contributed by atoms with van der Waals surface area (Å²) in [5.74, 6) is 0. The summed E-state index contributed by atoms with van der Waals surface area (Å²) >= 11 is 0. The van der Waals surface area contributed by atoms with E-state index >= 15 is 0 Å². The van der Waals surface area contributed by atoms with Crippen molar-refractivity contribution in [3.8, 4) is 11.3 Å². The predicted octanol–water partition coefficient (Wildman–Crippen LogP) is 3.17. The molecular weight excluding hydrogens is 243 g/mol. The van der Waals surface area contributed by atoms with E-state index in [1.807, 2.05) is 6.92 Å². The van der Waals surface area contributed by atoms with Gasteiger partial charge in [0, 0.05) is 12.1 Å². The molecule has 0 fully saturated rings. The minimum Gasteiger partial charge on any atom is -0.396 e. The molecule has 0 saturated carbocycles. The first-order valence-electron chi connectivity index (χ1n) is 5.42. The molecule has 0 atom stereocenters. The van der Waals surface area contributed by atoms with Crippen molar-refractivity contribution < 1.29 is 13.2 Å². The van der Waals surface area contributed by atoms with Gasteiger partial charge in [-0.25, -0.2) is 0 Å². The molecule has 0 unspecified atom stereocenters. The Morgan fingerprint density at radius 2 is 1.83 bits per heavy atom. The van der Waals surface area contributed by atoms with Crippen molar-refractivity contribution in [3.05, 3.63) is 36.0 Å². The summed E-state index contributed by atoms with van der Waals surface area (Å²) in [5, 5.41) is 4.05. The van der Waals surface area contributed by atoms with E-state index in [2.05, 4.69) is 5.10 Å². The highest BCUT2D eigenvalue weighted by Gasteiger charge is 2.30. The van der Waals surface area contributed by atoms with E-state index in [0.717, 1.165) is 12.1 Å². The van der Waals surface area contributed by atoms with Crippen LogP contribution in [0.15, 0.2) is 30.5 Å². The molecule has 0 radical (unpaired) electrons. The Morgan fingerprint density at radius 3 is 2.33 bits per heavy atom. The van der Waals surface area contributed by atoms with Gasteiger partial charge in [0.15, 0.2) is 0 Å². The van der Waals surface area contributed by atoms with Crippen LogP contribution in [-0.4, -0.2) is 9.78 Å². The van der Waals surface area contributed by atoms with E-state index in [1.54, 1.807) is 4.68 Å². The summed E-state index contributed by atoms with van der Waals surface area (Å²) in [4.78, 5) is 0. The van der Waals surface area contributed by atoms with Crippen molar-refractivity contribution in [2.75, 3.05) is 5.73 Å². The number of rotatable bonds is 2. The topological polar surface area (TPSA) is 43.8 Å². The number of aryl methyl sites for hydroxylation is 1. The maximum Gasteiger partial charge on any atom is 0.416 e. The standard InChI is InChI=1S/C12H12F3N3/c1-2-18-11(10(16)7-17-18)8-3-5-9(6-4-8)12(13,14)15/h3-7H,2,16H2,1H3. The number of benzene rings is 1. The molecule has 2 N–H and O–H groups in total. The summed E-state index contributed by atoms with van der Waals surface area (Å²) < 4.78 is 39.0. The largest absolute Gasteiger partial charge is 0.416 e. The quantitative estimate of drug-likeness (QED) is 0.895. The van der Waals surface area contributed by atoms with Crippen molar-refractivity contribution in [3.63, 3.8) is 0 Å². The third-order valence-corrected chi connectivity index (χ3v) is 2.65. The zero-order valence-electron chi connectivity index (χ0n) is 9.70. The molecule has 6 heteroatoms. The fourth-order valence-electron chi connectivity index (χ4n) is 1.77. The Bertz CT molecular complexity index is 541. The second kappa shape index (κ2) is 4.36. The fourth-order valence-corrected chi connectivity index (χ4v) is 1.77. The van der Waals surface area contributed by atoms with Gasteiger partial charge >= 0.3 is 6.18 Å². The minimum absolute atomic E-state index is 0.455. The van der Waals surface area contributed by atoms with Gasteiger partial charge in [-0.05, 0) is 19.1 Å². The van der Waals surface area contributed by atoms with Crippen molar-refractivity contribution in [1.29, 1.82) is 0 Å². The average Bonchev–Trinajstić information content (AvgIpc) is 2.69. The van der Waals surface area contributed by atoms with E-state index in [0.29, 0.717) is 23.5 Å². The number of aromatic nitrogens is 2. The molecule has 2 aromatic rings. The first-order chi connectivity index (χ1) is 8.43. The zero-order valence-corrected chi connectivity index (χ0v) is 9.70. The van der Waals surface area contributed by atoms with Crippen molar-refractivity contribution in [2.45, 2.75) is 19.6 Å². The predicted molar refractivity (Wildman–Crippen MR) is 62.8 cm³/mol. The Balaban J connectivity index is 2.43. The van der Waals surface area contributed by atoms with E-state index in [4.69, 9.17) is 5.73 Å². The molecule has 2 rings (SSSR count). The van der Waals surface area contributed by atoms with Gasteiger partial charge in [0.05, 0.1) is 23.1 Å². The SMILES string of the molecule is CCn1ncc(N)c1-c1ccc(C(F)(F)F)cc1. The lowest BCUT2D eigenvalue weighted by Crippen LogP contribution is -2.05. The highest BCUT2D eigenvalue weighted by atomic mass is 19.4. The molecule has 0 amide bonds. The molecule has 96 valence electrons. The van der Waals surface area contributed by atoms with Crippen LogP contribution >= 0.6 is 0 Å². The summed E-state index contributed by atoms with van der Waals surface area (Å²) in [6, 6.07) is 4.90. The average molecular weight is 255 g/mol. The maximum atomic E-state index is 12.4. The van der Waals surface area contributed by atoms with Gasteiger partial charge in [-0.3, -0.25) is 4.68 Å². The van der Waals surface area contributed by atoms with Crippen LogP contribution in [0.1, 0.15) is 12.5 Å². The van der Waals surface area contributed by atoms with Crippen LogP contribution in [0.2, 0.25) is 0 Å². The number of nitrogen functional groups attached to an aromatic ring is 1. The van der Waals surface area contributed by atoms with Crippen LogP contribution in [0.3, 0.4) is 0 Å². The Labute approximate surface area is 102 Å². The smallest absolute Gasteiger partial charge is 0.396 e. The van der Waals surface area contributed by atoms with E-state index in [9.17, 15) is 13.2 Å². The van der Waals surface area contributed by atoms with Crippen molar-refractivity contribution in [2.24, 2.45) is 0 Å². The normalized spacial score (nSPS) is 11.8. The van der Waals surface area contributed by atoms with E-state index in [1.165, 1.54) is 18.3 Å². The van der Waals surface area contributed by atoms with E-state index in [-0.39, 0.29) is 0 Å². The summed E-state index contributed by atoms with van der Waals surface area (Å²) in [6.07, 6.45) is -2.83. The Hall–Kier alpha value is -1.98. The van der Waals surface area contributed by atoms with Gasteiger partial charge in [0.25, 0.3) is 0 Å². The maximum absolute atomic E-state index is 12.4. The third kappa shape index (κ3) is 2.18. The second-order valence-electron chi connectivity index (χ2n) is 3.84. The zero-order chi connectivity index (χ0) is 13.3. The fraction of sp³-hybridized carbons (Fsp3) is 0.250. The Kier molecular flexibility index (Phi) is 3.02. The molecule has 0 bridgehead atoms. The van der Waals surface area contributed by atoms with E-state index < -0.39 is 11.7 Å². The van der Waals surface area contributed by atoms with Crippen LogP contribution < -0.4 is 5.73 Å². The van der Waals surface area contributed by atoms with Crippen LogP contribution in [-0.2, 0) is 12.7 Å². The van der Waals surface area contributed by atoms with Crippen molar-refractivity contribution >= 4 is 5.69 Å². The molecule has 0 aliphatic carbocycles. The lowest BCUT2D eigenvalue weighted by molar-refractivity contribution is -0.137. The third-order valence-electron chi connectivity index (χ3n) is 2.65. The van der Waals surface area contributed by atoms with Crippen molar-refractivity contribution in [1.82, 2.24) is 9.78 Å². The van der Waals surface area contributed by atoms with Gasteiger partial charge in [0.2, 0.25) is 0 Å². The molecule has 3 nitrogen and oxygen atoms in total. The van der Waals surface area contributed by atoms with Crippen LogP contribution in [0, 0.1) is 0 Å². The lowest BCUT2D eigenvalue weighted by Gasteiger charge is -2.09. The highest BCUT2D eigenvalue weighted by molar-refractivity contribution is 5.72. The second-order valence-corrected chi connectivity index (χ2v) is 3.84. The number of hydrogen-bond acceptors (Lipinski definition) is 2. The number of nitrogens with two attached hydrogens (primary N) is 1. The van der Waals surface area contributed by atoms with Gasteiger partial charge in [-0.2, -0.15) is 18.3 Å². The summed E-state index contributed by atoms with van der Waals surface area (Å²) in [7, 11) is 0. The first kappa shape index (κ1) is 12.5. The minimum atomic E-state index is -4.32. The van der Waals surface area contributed by atoms with Crippen LogP contribution in [0.25, 0.3) is 11.3 Å². The number of hydrogen-bond donors (Lipinski definition) is 1. The van der Waals surface area contributed by atoms with Gasteiger partial charge in [-0.15, -0.1) is 0 Å². The Morgan fingerprint density at radius 1 is 1.22 bits per heavy atom. The van der Waals surface area contributed by atoms with Gasteiger partial charge in [0.1, 0.15) is 0 Å². The number of anilines is 1. The van der Waals surface area contributed by atoms with Gasteiger partial charge in [-0.1, -0.05) is 12.1 Å². The molecule has 1 aromatic heterocycles. The molecule has 0 saturated heterocycles. The molecule has 0 aliphatic rings. The lowest BCUT2D eigenvalue weighted by atomic mass is 10.1. The number of alkyl halides is 3.